The van der Waals surface area contributed by atoms with Crippen LogP contribution in [0.1, 0.15) is 63.1 Å². The lowest BCUT2D eigenvalue weighted by molar-refractivity contribution is 0.298. The molecule has 0 aromatic heterocycles. The van der Waals surface area contributed by atoms with Crippen LogP contribution in [-0.2, 0) is 6.42 Å². The molecule has 0 aliphatic carbocycles. The fraction of sp³-hybridized carbons (Fsp3) is 0.647. The van der Waals surface area contributed by atoms with E-state index in [2.05, 4.69) is 52.8 Å². The van der Waals surface area contributed by atoms with Crippen molar-refractivity contribution in [2.24, 2.45) is 5.41 Å². The molecular weight excluding hydrogens is 204 g/mol. The van der Waals surface area contributed by atoms with Gasteiger partial charge >= 0.3 is 0 Å². The lowest BCUT2D eigenvalue weighted by atomic mass is 9.81. The highest BCUT2D eigenvalue weighted by atomic mass is 14.2. The second kappa shape index (κ2) is 6.23. The molecule has 0 fully saturated rings. The molecule has 0 heterocycles. The third-order valence-electron chi connectivity index (χ3n) is 3.78. The van der Waals surface area contributed by atoms with Crippen molar-refractivity contribution >= 4 is 0 Å². The molecule has 0 nitrogen and oxygen atoms in total. The van der Waals surface area contributed by atoms with Gasteiger partial charge in [0.25, 0.3) is 0 Å². The van der Waals surface area contributed by atoms with Crippen LogP contribution in [-0.4, -0.2) is 0 Å². The standard InChI is InChI=1S/C17H28/c1-6-7-11-17(4,5)12-10-16-13-14(2)8-9-15(16)3/h8-9,13H,6-7,10-12H2,1-5H3. The molecule has 1 rings (SSSR count). The van der Waals surface area contributed by atoms with Crippen LogP contribution in [0.5, 0.6) is 0 Å². The summed E-state index contributed by atoms with van der Waals surface area (Å²) in [6.45, 7) is 11.5. The Kier molecular flexibility index (Phi) is 5.24. The molecule has 0 unspecified atom stereocenters. The van der Waals surface area contributed by atoms with Gasteiger partial charge in [-0.2, -0.15) is 0 Å². The van der Waals surface area contributed by atoms with Gasteiger partial charge in [-0.05, 0) is 49.7 Å². The van der Waals surface area contributed by atoms with Crippen molar-refractivity contribution in [2.45, 2.75) is 66.7 Å². The van der Waals surface area contributed by atoms with Crippen LogP contribution in [0.3, 0.4) is 0 Å². The Balaban J connectivity index is 2.57. The van der Waals surface area contributed by atoms with E-state index < -0.39 is 0 Å². The molecule has 0 heteroatoms. The maximum atomic E-state index is 2.41. The number of unbranched alkanes of at least 4 members (excludes halogenated alkanes) is 1. The summed E-state index contributed by atoms with van der Waals surface area (Å²) in [6, 6.07) is 6.82. The molecule has 1 aromatic carbocycles. The predicted octanol–water partition coefficient (Wildman–Crippen LogP) is 5.45. The average molecular weight is 232 g/mol. The van der Waals surface area contributed by atoms with Crippen LogP contribution in [0.2, 0.25) is 0 Å². The molecule has 0 saturated carbocycles. The highest BCUT2D eigenvalue weighted by molar-refractivity contribution is 5.30. The van der Waals surface area contributed by atoms with Gasteiger partial charge in [0.1, 0.15) is 0 Å². The Morgan fingerprint density at radius 2 is 1.76 bits per heavy atom. The zero-order valence-electron chi connectivity index (χ0n) is 12.3. The van der Waals surface area contributed by atoms with Crippen molar-refractivity contribution in [2.75, 3.05) is 0 Å². The molecule has 0 N–H and O–H groups in total. The van der Waals surface area contributed by atoms with E-state index in [4.69, 9.17) is 0 Å². The Hall–Kier alpha value is -0.780. The van der Waals surface area contributed by atoms with Crippen molar-refractivity contribution in [3.8, 4) is 0 Å². The van der Waals surface area contributed by atoms with E-state index in [-0.39, 0.29) is 0 Å². The first-order valence-corrected chi connectivity index (χ1v) is 7.01. The molecule has 0 atom stereocenters. The monoisotopic (exact) mass is 232 g/mol. The summed E-state index contributed by atoms with van der Waals surface area (Å²) >= 11 is 0. The Labute approximate surface area is 107 Å². The summed E-state index contributed by atoms with van der Waals surface area (Å²) in [5.74, 6) is 0. The summed E-state index contributed by atoms with van der Waals surface area (Å²) < 4.78 is 0. The van der Waals surface area contributed by atoms with Crippen LogP contribution < -0.4 is 0 Å². The SMILES string of the molecule is CCCCC(C)(C)CCc1cc(C)ccc1C. The highest BCUT2D eigenvalue weighted by Gasteiger charge is 2.17. The summed E-state index contributed by atoms with van der Waals surface area (Å²) in [5.41, 5.74) is 4.86. The van der Waals surface area contributed by atoms with Gasteiger partial charge in [0.15, 0.2) is 0 Å². The topological polar surface area (TPSA) is 0 Å². The molecule has 96 valence electrons. The minimum atomic E-state index is 0.492. The van der Waals surface area contributed by atoms with Crippen molar-refractivity contribution in [3.05, 3.63) is 34.9 Å². The van der Waals surface area contributed by atoms with Crippen molar-refractivity contribution < 1.29 is 0 Å². The third kappa shape index (κ3) is 4.93. The summed E-state index contributed by atoms with van der Waals surface area (Å²) in [4.78, 5) is 0. The fourth-order valence-electron chi connectivity index (χ4n) is 2.32. The molecule has 0 bridgehead atoms. The van der Waals surface area contributed by atoms with E-state index in [1.165, 1.54) is 48.8 Å². The van der Waals surface area contributed by atoms with E-state index in [1.54, 1.807) is 0 Å². The van der Waals surface area contributed by atoms with Gasteiger partial charge in [0.05, 0.1) is 0 Å². The van der Waals surface area contributed by atoms with Crippen molar-refractivity contribution in [1.82, 2.24) is 0 Å². The van der Waals surface area contributed by atoms with Gasteiger partial charge in [-0.3, -0.25) is 0 Å². The molecule has 0 aliphatic rings. The zero-order chi connectivity index (χ0) is 12.9. The van der Waals surface area contributed by atoms with Crippen LogP contribution in [0.4, 0.5) is 0 Å². The average Bonchev–Trinajstić information content (AvgIpc) is 2.28. The number of aryl methyl sites for hydroxylation is 3. The summed E-state index contributed by atoms with van der Waals surface area (Å²) in [6.07, 6.45) is 6.56. The summed E-state index contributed by atoms with van der Waals surface area (Å²) in [7, 11) is 0. The van der Waals surface area contributed by atoms with E-state index in [1.807, 2.05) is 0 Å². The van der Waals surface area contributed by atoms with Gasteiger partial charge in [0, 0.05) is 0 Å². The smallest absolute Gasteiger partial charge is 0.0271 e. The second-order valence-corrected chi connectivity index (χ2v) is 6.20. The lowest BCUT2D eigenvalue weighted by Gasteiger charge is -2.24. The van der Waals surface area contributed by atoms with E-state index >= 15 is 0 Å². The largest absolute Gasteiger partial charge is 0.0654 e. The molecule has 1 aromatic rings. The van der Waals surface area contributed by atoms with Gasteiger partial charge in [-0.1, -0.05) is 57.4 Å². The minimum absolute atomic E-state index is 0.492. The molecule has 0 radical (unpaired) electrons. The first-order valence-electron chi connectivity index (χ1n) is 7.01. The lowest BCUT2D eigenvalue weighted by Crippen LogP contribution is -2.12. The highest BCUT2D eigenvalue weighted by Crippen LogP contribution is 2.29. The van der Waals surface area contributed by atoms with Crippen LogP contribution in [0, 0.1) is 19.3 Å². The van der Waals surface area contributed by atoms with Gasteiger partial charge < -0.3 is 0 Å². The molecule has 0 aliphatic heterocycles. The van der Waals surface area contributed by atoms with Gasteiger partial charge in [0.2, 0.25) is 0 Å². The number of benzene rings is 1. The van der Waals surface area contributed by atoms with Gasteiger partial charge in [-0.15, -0.1) is 0 Å². The normalized spacial score (nSPS) is 11.8. The zero-order valence-corrected chi connectivity index (χ0v) is 12.3. The maximum Gasteiger partial charge on any atom is -0.0271 e. The van der Waals surface area contributed by atoms with Crippen LogP contribution >= 0.6 is 0 Å². The first-order chi connectivity index (χ1) is 7.94. The number of hydrogen-bond acceptors (Lipinski definition) is 0. The van der Waals surface area contributed by atoms with E-state index in [0.29, 0.717) is 5.41 Å². The van der Waals surface area contributed by atoms with Crippen LogP contribution in [0.25, 0.3) is 0 Å². The summed E-state index contributed by atoms with van der Waals surface area (Å²) in [5, 5.41) is 0. The molecular formula is C17H28. The van der Waals surface area contributed by atoms with Crippen LogP contribution in [0.15, 0.2) is 18.2 Å². The minimum Gasteiger partial charge on any atom is -0.0654 e. The third-order valence-corrected chi connectivity index (χ3v) is 3.78. The number of rotatable bonds is 6. The van der Waals surface area contributed by atoms with Crippen molar-refractivity contribution in [3.63, 3.8) is 0 Å². The quantitative estimate of drug-likeness (QED) is 0.611. The first kappa shape index (κ1) is 14.3. The fourth-order valence-corrected chi connectivity index (χ4v) is 2.32. The molecule has 17 heavy (non-hydrogen) atoms. The molecule has 0 spiro atoms. The number of hydrogen-bond donors (Lipinski definition) is 0. The Bertz CT molecular complexity index is 347. The van der Waals surface area contributed by atoms with Crippen molar-refractivity contribution in [1.29, 1.82) is 0 Å². The van der Waals surface area contributed by atoms with Gasteiger partial charge in [-0.25, -0.2) is 0 Å². The maximum absolute atomic E-state index is 2.41. The Morgan fingerprint density at radius 3 is 2.41 bits per heavy atom. The van der Waals surface area contributed by atoms with E-state index in [0.717, 1.165) is 0 Å². The predicted molar refractivity (Wildman–Crippen MR) is 77.5 cm³/mol. The molecule has 0 amide bonds. The second-order valence-electron chi connectivity index (χ2n) is 6.20. The van der Waals surface area contributed by atoms with E-state index in [9.17, 15) is 0 Å². The Morgan fingerprint density at radius 1 is 1.06 bits per heavy atom. The molecule has 0 saturated heterocycles.